The molecule has 0 aliphatic carbocycles. The highest BCUT2D eigenvalue weighted by Gasteiger charge is 2.28. The van der Waals surface area contributed by atoms with Gasteiger partial charge >= 0.3 is 11.7 Å². The van der Waals surface area contributed by atoms with Gasteiger partial charge in [-0.3, -0.25) is 25.8 Å². The van der Waals surface area contributed by atoms with Crippen molar-refractivity contribution in [1.29, 1.82) is 0 Å². The Balaban J connectivity index is 1.66. The zero-order valence-electron chi connectivity index (χ0n) is 18.8. The van der Waals surface area contributed by atoms with Gasteiger partial charge in [-0.05, 0) is 29.0 Å². The topological polar surface area (TPSA) is 140 Å². The number of hydrogen-bond acceptors (Lipinski definition) is 9. The SMILES string of the molecule is COC(=O)c1ccccc1N(C)c1ncnc(NNC(=O)c2cccc3ccccc23)c1[N+](=O)[O-]. The number of amides is 1. The van der Waals surface area contributed by atoms with E-state index in [0.29, 0.717) is 11.3 Å². The van der Waals surface area contributed by atoms with Gasteiger partial charge in [0.25, 0.3) is 5.91 Å². The van der Waals surface area contributed by atoms with Crippen molar-refractivity contribution >= 4 is 45.7 Å². The van der Waals surface area contributed by atoms with Crippen LogP contribution >= 0.6 is 0 Å². The lowest BCUT2D eigenvalue weighted by atomic mass is 10.0. The Morgan fingerprint density at radius 3 is 2.43 bits per heavy atom. The second kappa shape index (κ2) is 9.83. The first-order chi connectivity index (χ1) is 16.9. The predicted molar refractivity (Wildman–Crippen MR) is 130 cm³/mol. The number of carbonyl (C=O) groups is 2. The molecule has 11 nitrogen and oxygen atoms in total. The molecule has 11 heteroatoms. The first-order valence-electron chi connectivity index (χ1n) is 10.4. The van der Waals surface area contributed by atoms with Gasteiger partial charge in [0.2, 0.25) is 11.6 Å². The van der Waals surface area contributed by atoms with Crippen molar-refractivity contribution < 1.29 is 19.2 Å². The molecule has 0 aliphatic heterocycles. The third-order valence-corrected chi connectivity index (χ3v) is 5.30. The van der Waals surface area contributed by atoms with Crippen LogP contribution in [0.3, 0.4) is 0 Å². The van der Waals surface area contributed by atoms with Crippen molar-refractivity contribution in [1.82, 2.24) is 15.4 Å². The van der Waals surface area contributed by atoms with Crippen LogP contribution in [0.2, 0.25) is 0 Å². The minimum atomic E-state index is -0.668. The van der Waals surface area contributed by atoms with Gasteiger partial charge in [-0.1, -0.05) is 48.5 Å². The van der Waals surface area contributed by atoms with Crippen molar-refractivity contribution in [2.75, 3.05) is 24.5 Å². The molecule has 0 aliphatic rings. The third-order valence-electron chi connectivity index (χ3n) is 5.30. The molecule has 0 bridgehead atoms. The molecule has 2 N–H and O–H groups in total. The molecule has 0 unspecified atom stereocenters. The van der Waals surface area contributed by atoms with E-state index in [2.05, 4.69) is 20.8 Å². The van der Waals surface area contributed by atoms with E-state index in [0.717, 1.165) is 17.1 Å². The Hall–Kier alpha value is -5.06. The highest BCUT2D eigenvalue weighted by Crippen LogP contribution is 2.36. The van der Waals surface area contributed by atoms with Gasteiger partial charge in [0, 0.05) is 12.6 Å². The Morgan fingerprint density at radius 1 is 0.971 bits per heavy atom. The molecule has 176 valence electrons. The van der Waals surface area contributed by atoms with Crippen molar-refractivity contribution in [3.05, 3.63) is 94.3 Å². The Kier molecular flexibility index (Phi) is 6.49. The van der Waals surface area contributed by atoms with Crippen molar-refractivity contribution in [2.24, 2.45) is 0 Å². The summed E-state index contributed by atoms with van der Waals surface area (Å²) in [5, 5.41) is 13.6. The summed E-state index contributed by atoms with van der Waals surface area (Å²) in [6, 6.07) is 19.1. The number of aromatic nitrogens is 2. The molecular formula is C24H20N6O5. The molecule has 3 aromatic carbocycles. The number of benzene rings is 3. The summed E-state index contributed by atoms with van der Waals surface area (Å²) in [5.41, 5.74) is 5.44. The molecule has 0 saturated carbocycles. The quantitative estimate of drug-likeness (QED) is 0.233. The fourth-order valence-electron chi connectivity index (χ4n) is 3.64. The molecule has 4 rings (SSSR count). The van der Waals surface area contributed by atoms with Crippen molar-refractivity contribution in [2.45, 2.75) is 0 Å². The summed E-state index contributed by atoms with van der Waals surface area (Å²) >= 11 is 0. The van der Waals surface area contributed by atoms with Gasteiger partial charge in [0.1, 0.15) is 6.33 Å². The van der Waals surface area contributed by atoms with Gasteiger partial charge in [0.15, 0.2) is 0 Å². The maximum atomic E-state index is 12.9. The van der Waals surface area contributed by atoms with Gasteiger partial charge in [0.05, 0.1) is 23.3 Å². The van der Waals surface area contributed by atoms with E-state index in [-0.39, 0.29) is 17.2 Å². The number of para-hydroxylation sites is 1. The number of anilines is 3. The Bertz CT molecular complexity index is 1440. The smallest absolute Gasteiger partial charge is 0.355 e. The largest absolute Gasteiger partial charge is 0.465 e. The second-order valence-corrected chi connectivity index (χ2v) is 7.33. The number of nitro groups is 1. The highest BCUT2D eigenvalue weighted by molar-refractivity contribution is 6.07. The minimum Gasteiger partial charge on any atom is -0.465 e. The van der Waals surface area contributed by atoms with Crippen molar-refractivity contribution in [3.8, 4) is 0 Å². The van der Waals surface area contributed by atoms with Gasteiger partial charge in [-0.15, -0.1) is 0 Å². The second-order valence-electron chi connectivity index (χ2n) is 7.33. The number of ether oxygens (including phenoxy) is 1. The van der Waals surface area contributed by atoms with E-state index in [1.165, 1.54) is 25.1 Å². The molecule has 35 heavy (non-hydrogen) atoms. The van der Waals surface area contributed by atoms with Crippen LogP contribution in [0.25, 0.3) is 10.8 Å². The molecule has 0 radical (unpaired) electrons. The molecule has 1 heterocycles. The number of nitrogens with zero attached hydrogens (tertiary/aromatic N) is 4. The Labute approximate surface area is 199 Å². The maximum Gasteiger partial charge on any atom is 0.355 e. The van der Waals surface area contributed by atoms with Crippen LogP contribution in [0.15, 0.2) is 73.1 Å². The van der Waals surface area contributed by atoms with Crippen LogP contribution in [-0.2, 0) is 4.74 Å². The average molecular weight is 472 g/mol. The lowest BCUT2D eigenvalue weighted by molar-refractivity contribution is -0.383. The summed E-state index contributed by atoms with van der Waals surface area (Å²) in [7, 11) is 2.77. The first kappa shape index (κ1) is 23.1. The monoisotopic (exact) mass is 472 g/mol. The van der Waals surface area contributed by atoms with Crippen LogP contribution in [0.4, 0.5) is 23.0 Å². The molecule has 4 aromatic rings. The number of carbonyl (C=O) groups excluding carboxylic acids is 2. The van der Waals surface area contributed by atoms with E-state index in [4.69, 9.17) is 4.74 Å². The summed E-state index contributed by atoms with van der Waals surface area (Å²) in [6.45, 7) is 0. The first-order valence-corrected chi connectivity index (χ1v) is 10.4. The molecule has 0 spiro atoms. The lowest BCUT2D eigenvalue weighted by Gasteiger charge is -2.21. The molecule has 0 saturated heterocycles. The van der Waals surface area contributed by atoms with Crippen LogP contribution in [0.1, 0.15) is 20.7 Å². The van der Waals surface area contributed by atoms with Crippen LogP contribution in [0.5, 0.6) is 0 Å². The Morgan fingerprint density at radius 2 is 1.66 bits per heavy atom. The normalized spacial score (nSPS) is 10.5. The molecule has 1 amide bonds. The fourth-order valence-corrected chi connectivity index (χ4v) is 3.64. The number of esters is 1. The van der Waals surface area contributed by atoms with E-state index in [1.54, 1.807) is 30.3 Å². The summed E-state index contributed by atoms with van der Waals surface area (Å²) in [6.07, 6.45) is 1.12. The highest BCUT2D eigenvalue weighted by atomic mass is 16.6. The van der Waals surface area contributed by atoms with Crippen molar-refractivity contribution in [3.63, 3.8) is 0 Å². The predicted octanol–water partition coefficient (Wildman–Crippen LogP) is 3.85. The standard InChI is InChI=1S/C24H20N6O5/c1-29(19-13-6-5-11-18(19)24(32)35-2)22-20(30(33)34)21(25-14-26-22)27-28-23(31)17-12-7-9-15-8-3-4-10-16(15)17/h3-14H,1-2H3,(H,28,31)(H,25,26,27). The number of rotatable bonds is 7. The zero-order chi connectivity index (χ0) is 24.9. The summed E-state index contributed by atoms with van der Waals surface area (Å²) < 4.78 is 4.81. The van der Waals surface area contributed by atoms with E-state index < -0.39 is 22.5 Å². The zero-order valence-corrected chi connectivity index (χ0v) is 18.8. The number of hydrogen-bond donors (Lipinski definition) is 2. The number of methoxy groups -OCH3 is 1. The maximum absolute atomic E-state index is 12.9. The average Bonchev–Trinajstić information content (AvgIpc) is 2.90. The van der Waals surface area contributed by atoms with Gasteiger partial charge in [-0.25, -0.2) is 14.8 Å². The van der Waals surface area contributed by atoms with Crippen LogP contribution < -0.4 is 15.8 Å². The summed E-state index contributed by atoms with van der Waals surface area (Å²) in [4.78, 5) is 45.8. The van der Waals surface area contributed by atoms with Gasteiger partial charge in [-0.2, -0.15) is 0 Å². The third kappa shape index (κ3) is 4.55. The minimum absolute atomic E-state index is 0.0942. The fraction of sp³-hybridized carbons (Fsp3) is 0.0833. The molecule has 0 atom stereocenters. The number of hydrazine groups is 1. The molecule has 0 fully saturated rings. The van der Waals surface area contributed by atoms with E-state index in [9.17, 15) is 19.7 Å². The summed E-state index contributed by atoms with van der Waals surface area (Å²) in [5.74, 6) is -1.43. The van der Waals surface area contributed by atoms with Crippen LogP contribution in [-0.4, -0.2) is 40.9 Å². The number of nitrogens with one attached hydrogen (secondary N) is 2. The number of fused-ring (bicyclic) bond motifs is 1. The molecular weight excluding hydrogens is 452 g/mol. The van der Waals surface area contributed by atoms with E-state index >= 15 is 0 Å². The lowest BCUT2D eigenvalue weighted by Crippen LogP contribution is -2.30. The van der Waals surface area contributed by atoms with Crippen LogP contribution in [0, 0.1) is 10.1 Å². The van der Waals surface area contributed by atoms with E-state index in [1.807, 2.05) is 30.3 Å². The molecule has 1 aromatic heterocycles. The van der Waals surface area contributed by atoms with Gasteiger partial charge < -0.3 is 9.64 Å².